The Hall–Kier alpha value is -0.570. The van der Waals surface area contributed by atoms with Gasteiger partial charge < -0.3 is 0 Å². The van der Waals surface area contributed by atoms with E-state index in [0.717, 1.165) is 0 Å². The Labute approximate surface area is 67.8 Å². The van der Waals surface area contributed by atoms with E-state index in [4.69, 9.17) is 5.21 Å². The molecule has 3 heteroatoms. The van der Waals surface area contributed by atoms with Crippen molar-refractivity contribution >= 4 is 5.91 Å². The molecule has 1 amide bonds. The van der Waals surface area contributed by atoms with Crippen LogP contribution in [0.1, 0.15) is 45.4 Å². The summed E-state index contributed by atoms with van der Waals surface area (Å²) in [5.41, 5.74) is 1.39. The standard InChI is InChI=1S/C6H12.C2H5NO2/c1-2-4-6-5-3-1;1-2(4)3-5/h1-6H2;5H,1H3,(H,3,4). The molecule has 0 unspecified atom stereocenters. The number of rotatable bonds is 0. The van der Waals surface area contributed by atoms with Gasteiger partial charge in [0.15, 0.2) is 0 Å². The number of hydrogen-bond acceptors (Lipinski definition) is 2. The van der Waals surface area contributed by atoms with Crippen molar-refractivity contribution in [3.8, 4) is 0 Å². The minimum atomic E-state index is -0.440. The second kappa shape index (κ2) is 7.54. The molecule has 0 heterocycles. The van der Waals surface area contributed by atoms with Gasteiger partial charge in [-0.15, -0.1) is 0 Å². The van der Waals surface area contributed by atoms with Crippen LogP contribution in [0.25, 0.3) is 0 Å². The second-order valence-corrected chi connectivity index (χ2v) is 2.79. The predicted octanol–water partition coefficient (Wildman–Crippen LogP) is 1.85. The Balaban J connectivity index is 0.000000187. The van der Waals surface area contributed by atoms with Crippen LogP contribution < -0.4 is 5.48 Å². The van der Waals surface area contributed by atoms with Gasteiger partial charge in [-0.1, -0.05) is 38.5 Å². The summed E-state index contributed by atoms with van der Waals surface area (Å²) in [5.74, 6) is -0.440. The van der Waals surface area contributed by atoms with Gasteiger partial charge in [-0.25, -0.2) is 5.48 Å². The Kier molecular flexibility index (Phi) is 7.15. The van der Waals surface area contributed by atoms with Gasteiger partial charge in [0, 0.05) is 6.92 Å². The summed E-state index contributed by atoms with van der Waals surface area (Å²) in [4.78, 5) is 9.45. The summed E-state index contributed by atoms with van der Waals surface area (Å²) < 4.78 is 0. The molecule has 1 aliphatic rings. The summed E-state index contributed by atoms with van der Waals surface area (Å²) in [6.07, 6.45) is 9.00. The molecular formula is C8H17NO2. The maximum Gasteiger partial charge on any atom is 0.240 e. The van der Waals surface area contributed by atoms with Crippen molar-refractivity contribution in [2.45, 2.75) is 45.4 Å². The highest BCUT2D eigenvalue weighted by molar-refractivity contribution is 5.71. The van der Waals surface area contributed by atoms with E-state index in [1.807, 2.05) is 0 Å². The average molecular weight is 159 g/mol. The lowest BCUT2D eigenvalue weighted by Crippen LogP contribution is -2.12. The third-order valence-electron chi connectivity index (χ3n) is 1.66. The monoisotopic (exact) mass is 159 g/mol. The Bertz CT molecular complexity index is 88.8. The third-order valence-corrected chi connectivity index (χ3v) is 1.66. The normalized spacial score (nSPS) is 16.2. The first-order valence-electron chi connectivity index (χ1n) is 4.18. The first kappa shape index (κ1) is 10.4. The highest BCUT2D eigenvalue weighted by Crippen LogP contribution is 2.15. The molecule has 3 nitrogen and oxygen atoms in total. The molecule has 0 aromatic heterocycles. The lowest BCUT2D eigenvalue weighted by Gasteiger charge is -2.05. The second-order valence-electron chi connectivity index (χ2n) is 2.79. The maximum atomic E-state index is 9.45. The third kappa shape index (κ3) is 9.43. The van der Waals surface area contributed by atoms with Crippen molar-refractivity contribution in [1.29, 1.82) is 0 Å². The van der Waals surface area contributed by atoms with Crippen molar-refractivity contribution < 1.29 is 10.0 Å². The molecule has 0 aromatic carbocycles. The number of nitrogens with one attached hydrogen (secondary N) is 1. The van der Waals surface area contributed by atoms with Crippen molar-refractivity contribution in [3.05, 3.63) is 0 Å². The van der Waals surface area contributed by atoms with Gasteiger partial charge in [0.05, 0.1) is 0 Å². The highest BCUT2D eigenvalue weighted by atomic mass is 16.5. The predicted molar refractivity (Wildman–Crippen MR) is 43.3 cm³/mol. The topological polar surface area (TPSA) is 49.3 Å². The molecule has 0 aliphatic heterocycles. The quantitative estimate of drug-likeness (QED) is 0.418. The largest absolute Gasteiger partial charge is 0.289 e. The van der Waals surface area contributed by atoms with Crippen molar-refractivity contribution in [1.82, 2.24) is 5.48 Å². The highest BCUT2D eigenvalue weighted by Gasteiger charge is 1.95. The summed E-state index contributed by atoms with van der Waals surface area (Å²) in [6.45, 7) is 1.22. The van der Waals surface area contributed by atoms with E-state index in [1.54, 1.807) is 0 Å². The molecule has 66 valence electrons. The van der Waals surface area contributed by atoms with E-state index < -0.39 is 5.91 Å². The van der Waals surface area contributed by atoms with Crippen LogP contribution in [-0.4, -0.2) is 11.1 Å². The van der Waals surface area contributed by atoms with Gasteiger partial charge in [0.25, 0.3) is 0 Å². The Morgan fingerprint density at radius 1 is 1.09 bits per heavy atom. The minimum Gasteiger partial charge on any atom is -0.289 e. The van der Waals surface area contributed by atoms with Gasteiger partial charge >= 0.3 is 0 Å². The summed E-state index contributed by atoms with van der Waals surface area (Å²) >= 11 is 0. The van der Waals surface area contributed by atoms with Gasteiger partial charge in [0.1, 0.15) is 0 Å². The van der Waals surface area contributed by atoms with Crippen molar-refractivity contribution in [3.63, 3.8) is 0 Å². The molecule has 1 aliphatic carbocycles. The molecular weight excluding hydrogens is 142 g/mol. The summed E-state index contributed by atoms with van der Waals surface area (Å²) in [6, 6.07) is 0. The zero-order chi connectivity index (χ0) is 8.53. The first-order chi connectivity index (χ1) is 5.27. The minimum absolute atomic E-state index is 0.440. The van der Waals surface area contributed by atoms with Crippen LogP contribution >= 0.6 is 0 Å². The van der Waals surface area contributed by atoms with E-state index in [9.17, 15) is 4.79 Å². The number of amides is 1. The lowest BCUT2D eigenvalue weighted by atomic mass is 10.0. The number of carbonyl (C=O) groups excluding carboxylic acids is 1. The lowest BCUT2D eigenvalue weighted by molar-refractivity contribution is -0.126. The molecule has 0 aromatic rings. The SMILES string of the molecule is C1CCCCC1.CC(=O)NO. The average Bonchev–Trinajstić information content (AvgIpc) is 2.09. The van der Waals surface area contributed by atoms with Gasteiger partial charge in [-0.2, -0.15) is 0 Å². The molecule has 2 N–H and O–H groups in total. The molecule has 1 fully saturated rings. The number of carbonyl (C=O) groups is 1. The Morgan fingerprint density at radius 3 is 1.36 bits per heavy atom. The molecule has 0 radical (unpaired) electrons. The van der Waals surface area contributed by atoms with Crippen LogP contribution in [0.3, 0.4) is 0 Å². The van der Waals surface area contributed by atoms with Gasteiger partial charge in [-0.3, -0.25) is 10.0 Å². The molecule has 0 saturated heterocycles. The van der Waals surface area contributed by atoms with Crippen LogP contribution in [0.5, 0.6) is 0 Å². The zero-order valence-corrected chi connectivity index (χ0v) is 7.10. The molecule has 0 bridgehead atoms. The fraction of sp³-hybridized carbons (Fsp3) is 0.875. The van der Waals surface area contributed by atoms with Crippen LogP contribution in [-0.2, 0) is 4.79 Å². The van der Waals surface area contributed by atoms with Crippen LogP contribution in [0.2, 0.25) is 0 Å². The molecule has 1 saturated carbocycles. The Morgan fingerprint density at radius 2 is 1.27 bits per heavy atom. The van der Waals surface area contributed by atoms with E-state index >= 15 is 0 Å². The maximum absolute atomic E-state index is 9.45. The molecule has 0 spiro atoms. The van der Waals surface area contributed by atoms with Crippen molar-refractivity contribution in [2.75, 3.05) is 0 Å². The molecule has 11 heavy (non-hydrogen) atoms. The smallest absolute Gasteiger partial charge is 0.240 e. The summed E-state index contributed by atoms with van der Waals surface area (Å²) in [7, 11) is 0. The van der Waals surface area contributed by atoms with Crippen molar-refractivity contribution in [2.24, 2.45) is 0 Å². The molecule has 0 atom stereocenters. The number of hydrogen-bond donors (Lipinski definition) is 2. The summed E-state index contributed by atoms with van der Waals surface area (Å²) in [5, 5.41) is 7.54. The van der Waals surface area contributed by atoms with E-state index in [-0.39, 0.29) is 0 Å². The van der Waals surface area contributed by atoms with Crippen LogP contribution in [0, 0.1) is 0 Å². The fourth-order valence-corrected chi connectivity index (χ4v) is 1.06. The molecule has 1 rings (SSSR count). The van der Waals surface area contributed by atoms with Crippen LogP contribution in [0.15, 0.2) is 0 Å². The first-order valence-corrected chi connectivity index (χ1v) is 4.18. The van der Waals surface area contributed by atoms with E-state index in [0.29, 0.717) is 0 Å². The fourth-order valence-electron chi connectivity index (χ4n) is 1.06. The van der Waals surface area contributed by atoms with Gasteiger partial charge in [-0.05, 0) is 0 Å². The van der Waals surface area contributed by atoms with E-state index in [2.05, 4.69) is 0 Å². The van der Waals surface area contributed by atoms with Crippen LogP contribution in [0.4, 0.5) is 0 Å². The van der Waals surface area contributed by atoms with Gasteiger partial charge in [0.2, 0.25) is 5.91 Å². The van der Waals surface area contributed by atoms with E-state index in [1.165, 1.54) is 50.9 Å². The number of hydroxylamine groups is 1. The zero-order valence-electron chi connectivity index (χ0n) is 7.10.